The minimum absolute atomic E-state index is 0.0336. The van der Waals surface area contributed by atoms with Crippen LogP contribution in [-0.2, 0) is 9.53 Å². The molecule has 0 aromatic rings. The van der Waals surface area contributed by atoms with Crippen molar-refractivity contribution in [2.75, 3.05) is 19.7 Å². The standard InChI is InChI=1S/C15H27NO2/c1-2-18-15(17)14(13-9-5-3-6-10-13)16-11-7-4-8-12-16/h13-14H,2-12H2,1H3/t14-/m0/s1. The maximum Gasteiger partial charge on any atom is 0.323 e. The molecule has 2 aliphatic rings. The second kappa shape index (κ2) is 7.13. The molecule has 0 amide bonds. The molecule has 1 aliphatic heterocycles. The van der Waals surface area contributed by atoms with E-state index in [1.807, 2.05) is 6.92 Å². The largest absolute Gasteiger partial charge is 0.465 e. The predicted molar refractivity (Wildman–Crippen MR) is 72.4 cm³/mol. The molecule has 0 unspecified atom stereocenters. The minimum Gasteiger partial charge on any atom is -0.465 e. The highest BCUT2D eigenvalue weighted by Crippen LogP contribution is 2.31. The summed E-state index contributed by atoms with van der Waals surface area (Å²) in [4.78, 5) is 14.7. The van der Waals surface area contributed by atoms with Crippen molar-refractivity contribution in [3.63, 3.8) is 0 Å². The Labute approximate surface area is 111 Å². The van der Waals surface area contributed by atoms with Crippen LogP contribution < -0.4 is 0 Å². The Balaban J connectivity index is 2.02. The molecule has 1 saturated heterocycles. The number of nitrogens with zero attached hydrogens (tertiary/aromatic N) is 1. The summed E-state index contributed by atoms with van der Waals surface area (Å²) in [6.45, 7) is 4.59. The summed E-state index contributed by atoms with van der Waals surface area (Å²) < 4.78 is 5.33. The summed E-state index contributed by atoms with van der Waals surface area (Å²) in [5.74, 6) is 0.571. The zero-order valence-corrected chi connectivity index (χ0v) is 11.7. The van der Waals surface area contributed by atoms with E-state index in [0.717, 1.165) is 13.1 Å². The molecule has 2 fully saturated rings. The van der Waals surface area contributed by atoms with Gasteiger partial charge in [0.15, 0.2) is 0 Å². The van der Waals surface area contributed by atoms with Crippen LogP contribution in [0.5, 0.6) is 0 Å². The van der Waals surface area contributed by atoms with Gasteiger partial charge in [-0.25, -0.2) is 0 Å². The molecule has 2 rings (SSSR count). The van der Waals surface area contributed by atoms with Crippen LogP contribution in [0, 0.1) is 5.92 Å². The van der Waals surface area contributed by atoms with E-state index in [1.165, 1.54) is 51.4 Å². The molecular formula is C15H27NO2. The van der Waals surface area contributed by atoms with Gasteiger partial charge in [0.25, 0.3) is 0 Å². The fraction of sp³-hybridized carbons (Fsp3) is 0.933. The van der Waals surface area contributed by atoms with Crippen molar-refractivity contribution in [2.45, 2.75) is 64.3 Å². The number of ether oxygens (including phenoxy) is 1. The fourth-order valence-corrected chi connectivity index (χ4v) is 3.51. The Bertz CT molecular complexity index is 237. The van der Waals surface area contributed by atoms with Gasteiger partial charge in [0.1, 0.15) is 6.04 Å². The molecule has 0 N–H and O–H groups in total. The lowest BCUT2D eigenvalue weighted by molar-refractivity contribution is -0.153. The van der Waals surface area contributed by atoms with Crippen molar-refractivity contribution in [1.29, 1.82) is 0 Å². The monoisotopic (exact) mass is 253 g/mol. The van der Waals surface area contributed by atoms with Crippen molar-refractivity contribution in [1.82, 2.24) is 4.90 Å². The number of esters is 1. The third-order valence-corrected chi connectivity index (χ3v) is 4.41. The van der Waals surface area contributed by atoms with E-state index in [9.17, 15) is 4.79 Å². The smallest absolute Gasteiger partial charge is 0.323 e. The number of carbonyl (C=O) groups excluding carboxylic acids is 1. The molecule has 0 aromatic heterocycles. The van der Waals surface area contributed by atoms with Crippen molar-refractivity contribution in [2.24, 2.45) is 5.92 Å². The lowest BCUT2D eigenvalue weighted by Crippen LogP contribution is -2.49. The van der Waals surface area contributed by atoms with Crippen molar-refractivity contribution < 1.29 is 9.53 Å². The molecule has 1 atom stereocenters. The number of hydrogen-bond acceptors (Lipinski definition) is 3. The van der Waals surface area contributed by atoms with Gasteiger partial charge in [0.2, 0.25) is 0 Å². The summed E-state index contributed by atoms with van der Waals surface area (Å²) >= 11 is 0. The topological polar surface area (TPSA) is 29.5 Å². The molecule has 1 heterocycles. The zero-order valence-electron chi connectivity index (χ0n) is 11.7. The first kappa shape index (κ1) is 13.9. The second-order valence-corrected chi connectivity index (χ2v) is 5.69. The molecular weight excluding hydrogens is 226 g/mol. The Kier molecular flexibility index (Phi) is 5.48. The summed E-state index contributed by atoms with van der Waals surface area (Å²) in [5, 5.41) is 0. The van der Waals surface area contributed by atoms with Crippen LogP contribution >= 0.6 is 0 Å². The van der Waals surface area contributed by atoms with Crippen molar-refractivity contribution in [3.05, 3.63) is 0 Å². The van der Waals surface area contributed by atoms with Crippen LogP contribution in [0.1, 0.15) is 58.3 Å². The maximum atomic E-state index is 12.3. The SMILES string of the molecule is CCOC(=O)[C@H](C1CCCCC1)N1CCCCC1. The summed E-state index contributed by atoms with van der Waals surface area (Å²) in [5.41, 5.74) is 0. The Morgan fingerprint density at radius 2 is 1.72 bits per heavy atom. The van der Waals surface area contributed by atoms with Crippen LogP contribution in [0.4, 0.5) is 0 Å². The van der Waals surface area contributed by atoms with Gasteiger partial charge in [0, 0.05) is 0 Å². The number of carbonyl (C=O) groups is 1. The van der Waals surface area contributed by atoms with Crippen LogP contribution in [0.15, 0.2) is 0 Å². The molecule has 0 radical (unpaired) electrons. The van der Waals surface area contributed by atoms with E-state index >= 15 is 0 Å². The summed E-state index contributed by atoms with van der Waals surface area (Å²) in [7, 11) is 0. The van der Waals surface area contributed by atoms with E-state index in [2.05, 4.69) is 4.90 Å². The number of rotatable bonds is 4. The summed E-state index contributed by atoms with van der Waals surface area (Å²) in [6.07, 6.45) is 10.1. The van der Waals surface area contributed by atoms with Gasteiger partial charge < -0.3 is 4.74 Å². The van der Waals surface area contributed by atoms with Gasteiger partial charge in [-0.15, -0.1) is 0 Å². The van der Waals surface area contributed by atoms with Crippen molar-refractivity contribution >= 4 is 5.97 Å². The van der Waals surface area contributed by atoms with Gasteiger partial charge in [-0.1, -0.05) is 25.7 Å². The zero-order chi connectivity index (χ0) is 12.8. The van der Waals surface area contributed by atoms with E-state index in [1.54, 1.807) is 0 Å². The quantitative estimate of drug-likeness (QED) is 0.721. The number of likely N-dealkylation sites (tertiary alicyclic amines) is 1. The van der Waals surface area contributed by atoms with E-state index in [0.29, 0.717) is 12.5 Å². The highest BCUT2D eigenvalue weighted by Gasteiger charge is 2.35. The first-order valence-electron chi connectivity index (χ1n) is 7.73. The van der Waals surface area contributed by atoms with Crippen LogP contribution in [0.3, 0.4) is 0 Å². The predicted octanol–water partition coefficient (Wildman–Crippen LogP) is 2.98. The molecule has 3 nitrogen and oxygen atoms in total. The Morgan fingerprint density at radius 3 is 2.33 bits per heavy atom. The van der Waals surface area contributed by atoms with Crippen LogP contribution in [0.25, 0.3) is 0 Å². The summed E-state index contributed by atoms with van der Waals surface area (Å²) in [6, 6.07) is 0.0468. The van der Waals surface area contributed by atoms with Crippen molar-refractivity contribution in [3.8, 4) is 0 Å². The second-order valence-electron chi connectivity index (χ2n) is 5.69. The first-order valence-corrected chi connectivity index (χ1v) is 7.73. The Hall–Kier alpha value is -0.570. The molecule has 18 heavy (non-hydrogen) atoms. The molecule has 3 heteroatoms. The van der Waals surface area contributed by atoms with Gasteiger partial charge >= 0.3 is 5.97 Å². The molecule has 1 saturated carbocycles. The molecule has 0 bridgehead atoms. The molecule has 104 valence electrons. The van der Waals surface area contributed by atoms with Crippen LogP contribution in [-0.4, -0.2) is 36.6 Å². The lowest BCUT2D eigenvalue weighted by atomic mass is 9.82. The third-order valence-electron chi connectivity index (χ3n) is 4.41. The molecule has 0 spiro atoms. The number of hydrogen-bond donors (Lipinski definition) is 0. The van der Waals surface area contributed by atoms with E-state index in [4.69, 9.17) is 4.74 Å². The Morgan fingerprint density at radius 1 is 1.11 bits per heavy atom. The van der Waals surface area contributed by atoms with Crippen LogP contribution in [0.2, 0.25) is 0 Å². The molecule has 1 aliphatic carbocycles. The van der Waals surface area contributed by atoms with E-state index < -0.39 is 0 Å². The first-order chi connectivity index (χ1) is 8.83. The maximum absolute atomic E-state index is 12.3. The number of piperidine rings is 1. The fourth-order valence-electron chi connectivity index (χ4n) is 3.51. The van der Waals surface area contributed by atoms with Gasteiger partial charge in [-0.2, -0.15) is 0 Å². The third kappa shape index (κ3) is 3.47. The van der Waals surface area contributed by atoms with Gasteiger partial charge in [-0.3, -0.25) is 9.69 Å². The highest BCUT2D eigenvalue weighted by molar-refractivity contribution is 5.76. The van der Waals surface area contributed by atoms with Gasteiger partial charge in [0.05, 0.1) is 6.61 Å². The lowest BCUT2D eigenvalue weighted by Gasteiger charge is -2.38. The minimum atomic E-state index is 0.0336. The average molecular weight is 253 g/mol. The molecule has 0 aromatic carbocycles. The van der Waals surface area contributed by atoms with Gasteiger partial charge in [-0.05, 0) is 51.6 Å². The van der Waals surface area contributed by atoms with E-state index in [-0.39, 0.29) is 12.0 Å². The normalized spacial score (nSPS) is 24.7. The highest BCUT2D eigenvalue weighted by atomic mass is 16.5. The average Bonchev–Trinajstić information content (AvgIpc) is 2.42.